The number of aliphatic hydroxyl groups excluding tert-OH is 1. The maximum absolute atomic E-state index is 11.0. The highest BCUT2D eigenvalue weighted by Gasteiger charge is 2.25. The maximum Gasteiger partial charge on any atom is 0.159 e. The lowest BCUT2D eigenvalue weighted by Gasteiger charge is -2.30. The summed E-state index contributed by atoms with van der Waals surface area (Å²) < 4.78 is 6.94. The first-order valence-electron chi connectivity index (χ1n) is 35.9. The van der Waals surface area contributed by atoms with Gasteiger partial charge >= 0.3 is 0 Å². The summed E-state index contributed by atoms with van der Waals surface area (Å²) in [6, 6.07) is 33.8. The molecule has 0 aliphatic heterocycles. The van der Waals surface area contributed by atoms with Crippen LogP contribution in [0.2, 0.25) is 0 Å². The molecule has 0 bridgehead atoms. The third-order valence-corrected chi connectivity index (χ3v) is 17.8. The number of aryl methyl sites for hydroxylation is 2. The number of hydrogen-bond acceptors (Lipinski definition) is 4. The smallest absolute Gasteiger partial charge is 0.159 e. The van der Waals surface area contributed by atoms with Gasteiger partial charge in [-0.15, -0.1) is 0 Å². The fraction of sp³-hybridized carbons (Fsp3) is 0.432. The first-order valence-corrected chi connectivity index (χ1v) is 35.9. The summed E-state index contributed by atoms with van der Waals surface area (Å²) in [6.07, 6.45) is 51.1. The van der Waals surface area contributed by atoms with Crippen molar-refractivity contribution in [1.29, 1.82) is 0 Å². The monoisotopic (exact) mass is 1240 g/mol. The second kappa shape index (κ2) is 42.0. The van der Waals surface area contributed by atoms with Gasteiger partial charge in [0.1, 0.15) is 11.3 Å². The fourth-order valence-corrected chi connectivity index (χ4v) is 12.3. The Balaban J connectivity index is 0.00000138. The van der Waals surface area contributed by atoms with E-state index in [1.807, 2.05) is 40.7 Å². The molecule has 496 valence electrons. The summed E-state index contributed by atoms with van der Waals surface area (Å²) in [5, 5.41) is 13.3. The molecule has 5 aromatic carbocycles. The van der Waals surface area contributed by atoms with Crippen molar-refractivity contribution < 1.29 is 9.52 Å². The molecule has 4 unspecified atom stereocenters. The lowest BCUT2D eigenvalue weighted by molar-refractivity contribution is 0.415. The molecule has 1 aliphatic rings. The molecule has 0 saturated heterocycles. The summed E-state index contributed by atoms with van der Waals surface area (Å²) in [5.41, 5.74) is 18.9. The Morgan fingerprint density at radius 3 is 1.91 bits per heavy atom. The Morgan fingerprint density at radius 1 is 0.641 bits per heavy atom. The van der Waals surface area contributed by atoms with Crippen molar-refractivity contribution in [1.82, 2.24) is 0 Å². The minimum Gasteiger partial charge on any atom is -0.508 e. The van der Waals surface area contributed by atoms with Crippen molar-refractivity contribution in [2.75, 3.05) is 9.80 Å². The summed E-state index contributed by atoms with van der Waals surface area (Å²) in [5.74, 6) is 1.16. The Kier molecular flexibility index (Phi) is 35.2. The maximum atomic E-state index is 11.0. The van der Waals surface area contributed by atoms with Crippen molar-refractivity contribution >= 4 is 62.9 Å². The molecule has 1 aromatic heterocycles. The summed E-state index contributed by atoms with van der Waals surface area (Å²) in [6.45, 7) is 43.1. The highest BCUT2D eigenvalue weighted by molar-refractivity contribution is 6.11. The van der Waals surface area contributed by atoms with Crippen molar-refractivity contribution in [2.45, 2.75) is 233 Å². The number of para-hydroxylation sites is 2. The molecule has 4 nitrogen and oxygen atoms in total. The van der Waals surface area contributed by atoms with Crippen LogP contribution in [0.1, 0.15) is 251 Å². The molecule has 1 N–H and O–H groups in total. The van der Waals surface area contributed by atoms with Gasteiger partial charge in [-0.1, -0.05) is 286 Å². The highest BCUT2D eigenvalue weighted by atomic mass is 16.3. The van der Waals surface area contributed by atoms with E-state index in [9.17, 15) is 5.11 Å². The molecule has 0 amide bonds. The first-order chi connectivity index (χ1) is 44.6. The van der Waals surface area contributed by atoms with Gasteiger partial charge in [0.05, 0.1) is 11.4 Å². The summed E-state index contributed by atoms with van der Waals surface area (Å²) in [7, 11) is 0. The van der Waals surface area contributed by atoms with Crippen LogP contribution in [-0.2, 0) is 0 Å². The minimum absolute atomic E-state index is 0.00711. The van der Waals surface area contributed by atoms with E-state index >= 15 is 0 Å². The van der Waals surface area contributed by atoms with Gasteiger partial charge in [-0.25, -0.2) is 0 Å². The van der Waals surface area contributed by atoms with E-state index in [1.165, 1.54) is 117 Å². The van der Waals surface area contributed by atoms with Gasteiger partial charge in [0.2, 0.25) is 0 Å². The number of allylic oxidation sites excluding steroid dienone is 14. The van der Waals surface area contributed by atoms with Gasteiger partial charge < -0.3 is 19.3 Å². The molecule has 1 aliphatic carbocycles. The fourth-order valence-electron chi connectivity index (χ4n) is 12.3. The molecule has 0 saturated carbocycles. The number of unbranched alkanes of at least 4 members (excludes halogenated alkanes) is 8. The topological polar surface area (TPSA) is 39.9 Å². The van der Waals surface area contributed by atoms with Gasteiger partial charge in [0.25, 0.3) is 0 Å². The van der Waals surface area contributed by atoms with Crippen LogP contribution in [-0.4, -0.2) is 5.11 Å². The molecule has 0 spiro atoms. The van der Waals surface area contributed by atoms with E-state index in [0.29, 0.717) is 17.4 Å². The molecule has 4 heteroatoms. The minimum atomic E-state index is -0.0674. The van der Waals surface area contributed by atoms with Crippen LogP contribution in [0.5, 0.6) is 0 Å². The number of furan rings is 1. The number of nitrogens with zero attached hydrogens (tertiary/aromatic N) is 2. The molecule has 7 rings (SSSR count). The Bertz CT molecular complexity index is 3460. The molecule has 4 atom stereocenters. The molecule has 1 heterocycles. The first kappa shape index (κ1) is 77.1. The van der Waals surface area contributed by atoms with E-state index in [1.54, 1.807) is 0 Å². The van der Waals surface area contributed by atoms with Gasteiger partial charge in [-0.2, -0.15) is 0 Å². The standard InChI is InChI=1S/C76H92N2O2.C8H18.2C2H6/c1-14-19-23-31-55(9)61-40-45-66(46-41-61)78(73-37-27-36-71-70-35-26-32-56(10)75(70)80-76(71)73)72-49-44-63(28-16-3)59(13)69(72)48-43-62-42-47-68(50-57(62)11)77(58(12)38-39-60(18-5)54(8)30-20-15-2)67-34-25-22-21-24-33-65(51-67)64(29-17-4)52-74(79)53(6)7;1-3-5-7-8-6-4-2;2*1-2/h16-17,22,24-29,32-33,35-52,54-55,64-65,79H,6,14-15,18-21,23,30-31,34H2,1-5,7-13H3;3-8H2,1-2H3;2*1-2H3/b25-22-,28-16-,29-17-,33-24?,48-43-,58-38+,60-39+,67-51+,74-52?;;;. The van der Waals surface area contributed by atoms with Crippen LogP contribution in [0.4, 0.5) is 22.7 Å². The quantitative estimate of drug-likeness (QED) is 0.0167. The number of hydrogen-bond donors (Lipinski definition) is 1. The number of rotatable bonds is 29. The SMILES string of the molecule is C=C(C)C(O)=CC(/C=C\C)C1C=CC/C=C\C/C(N(/C(C)=C/C=C(\CC)C(C)CCCC)c2ccc(/C=C\c3c(N(c4ccc(C(C)CCCCC)cc4)c4cccc5c4oc4c(C)cccc45)ccc(/C=C\C)c3C)c(C)c2)=C\1.CC.CC.CCCCCCCC. The van der Waals surface area contributed by atoms with Crippen LogP contribution in [0.25, 0.3) is 40.2 Å². The molecular formula is C88H122N2O2. The van der Waals surface area contributed by atoms with E-state index < -0.39 is 0 Å². The zero-order valence-corrected chi connectivity index (χ0v) is 60.8. The Morgan fingerprint density at radius 2 is 1.28 bits per heavy atom. The third-order valence-electron chi connectivity index (χ3n) is 17.8. The van der Waals surface area contributed by atoms with Gasteiger partial charge in [-0.05, 0) is 173 Å². The summed E-state index contributed by atoms with van der Waals surface area (Å²) >= 11 is 0. The predicted octanol–water partition coefficient (Wildman–Crippen LogP) is 28.8. The molecule has 0 fully saturated rings. The number of anilines is 4. The number of fused-ring (bicyclic) bond motifs is 3. The average Bonchev–Trinajstić information content (AvgIpc) is 1.50. The van der Waals surface area contributed by atoms with Crippen LogP contribution in [0, 0.1) is 38.5 Å². The molecular weight excluding hydrogens is 1120 g/mol. The van der Waals surface area contributed by atoms with Crippen molar-refractivity contribution in [2.24, 2.45) is 17.8 Å². The van der Waals surface area contributed by atoms with E-state index in [2.05, 4.69) is 276 Å². The van der Waals surface area contributed by atoms with Gasteiger partial charge in [0.15, 0.2) is 5.58 Å². The largest absolute Gasteiger partial charge is 0.508 e. The van der Waals surface area contributed by atoms with E-state index in [4.69, 9.17) is 4.42 Å². The normalized spacial score (nSPS) is 15.7. The lowest BCUT2D eigenvalue weighted by atomic mass is 9.88. The highest BCUT2D eigenvalue weighted by Crippen LogP contribution is 2.46. The molecule has 6 aromatic rings. The van der Waals surface area contributed by atoms with Crippen LogP contribution >= 0.6 is 0 Å². The Labute approximate surface area is 561 Å². The van der Waals surface area contributed by atoms with Crippen molar-refractivity contribution in [3.05, 3.63) is 232 Å². The summed E-state index contributed by atoms with van der Waals surface area (Å²) in [4.78, 5) is 4.88. The Hall–Kier alpha value is -7.30. The van der Waals surface area contributed by atoms with Gasteiger partial charge in [0, 0.05) is 57.4 Å². The molecule has 92 heavy (non-hydrogen) atoms. The molecule has 0 radical (unpaired) electrons. The third kappa shape index (κ3) is 22.2. The second-order valence-corrected chi connectivity index (χ2v) is 24.8. The number of aliphatic hydroxyl groups is 1. The van der Waals surface area contributed by atoms with E-state index in [-0.39, 0.29) is 17.6 Å². The van der Waals surface area contributed by atoms with Crippen LogP contribution in [0.3, 0.4) is 0 Å². The lowest BCUT2D eigenvalue weighted by Crippen LogP contribution is -2.22. The van der Waals surface area contributed by atoms with Gasteiger partial charge in [-0.3, -0.25) is 0 Å². The van der Waals surface area contributed by atoms with Crippen molar-refractivity contribution in [3.63, 3.8) is 0 Å². The van der Waals surface area contributed by atoms with Crippen LogP contribution in [0.15, 0.2) is 197 Å². The van der Waals surface area contributed by atoms with E-state index in [0.717, 1.165) is 86.3 Å². The predicted molar refractivity (Wildman–Crippen MR) is 413 cm³/mol. The number of benzene rings is 5. The van der Waals surface area contributed by atoms with Crippen LogP contribution < -0.4 is 9.80 Å². The zero-order chi connectivity index (χ0) is 67.5. The zero-order valence-electron chi connectivity index (χ0n) is 60.8. The average molecular weight is 1240 g/mol. The van der Waals surface area contributed by atoms with Crippen molar-refractivity contribution in [3.8, 4) is 0 Å². The second-order valence-electron chi connectivity index (χ2n) is 24.8.